The summed E-state index contributed by atoms with van der Waals surface area (Å²) in [4.78, 5) is 24.5. The minimum atomic E-state index is -0.438. The summed E-state index contributed by atoms with van der Waals surface area (Å²) < 4.78 is 5.30. The molecule has 100 valence electrons. The van der Waals surface area contributed by atoms with Gasteiger partial charge in [-0.2, -0.15) is 0 Å². The third kappa shape index (κ3) is 2.55. The predicted octanol–water partition coefficient (Wildman–Crippen LogP) is 3.06. The molecule has 3 heteroatoms. The minimum absolute atomic E-state index is 0.361. The standard InChI is InChI=1S/C15H22O3/c1-14(2,3)9-8-10(18-7)11(15(4,5)6)13(17)12(9)16/h8H,1-7H3. The van der Waals surface area contributed by atoms with Crippen LogP contribution < -0.4 is 0 Å². The van der Waals surface area contributed by atoms with Gasteiger partial charge < -0.3 is 4.74 Å². The number of methoxy groups -OCH3 is 1. The van der Waals surface area contributed by atoms with E-state index in [1.807, 2.05) is 41.5 Å². The van der Waals surface area contributed by atoms with Crippen LogP contribution in [0, 0.1) is 10.8 Å². The van der Waals surface area contributed by atoms with Crippen molar-refractivity contribution in [1.82, 2.24) is 0 Å². The Morgan fingerprint density at radius 2 is 1.39 bits per heavy atom. The zero-order chi connectivity index (χ0) is 14.3. The van der Waals surface area contributed by atoms with E-state index >= 15 is 0 Å². The fourth-order valence-corrected chi connectivity index (χ4v) is 2.04. The highest BCUT2D eigenvalue weighted by molar-refractivity contribution is 6.50. The smallest absolute Gasteiger partial charge is 0.233 e. The zero-order valence-corrected chi connectivity index (χ0v) is 12.3. The number of hydrogen-bond donors (Lipinski definition) is 0. The Bertz CT molecular complexity index is 451. The second-order valence-electron chi connectivity index (χ2n) is 6.66. The Hall–Kier alpha value is -1.38. The normalized spacial score (nSPS) is 18.1. The maximum Gasteiger partial charge on any atom is 0.233 e. The summed E-state index contributed by atoms with van der Waals surface area (Å²) >= 11 is 0. The van der Waals surface area contributed by atoms with Gasteiger partial charge in [-0.05, 0) is 16.9 Å². The molecule has 0 unspecified atom stereocenters. The molecular weight excluding hydrogens is 228 g/mol. The van der Waals surface area contributed by atoms with Gasteiger partial charge in [-0.1, -0.05) is 41.5 Å². The van der Waals surface area contributed by atoms with Crippen LogP contribution in [0.2, 0.25) is 0 Å². The van der Waals surface area contributed by atoms with Crippen LogP contribution in [0.4, 0.5) is 0 Å². The first-order valence-corrected chi connectivity index (χ1v) is 6.10. The van der Waals surface area contributed by atoms with Crippen molar-refractivity contribution < 1.29 is 14.3 Å². The molecule has 0 aromatic carbocycles. The van der Waals surface area contributed by atoms with E-state index in [-0.39, 0.29) is 5.41 Å². The molecule has 0 aromatic heterocycles. The summed E-state index contributed by atoms with van der Waals surface area (Å²) in [6.07, 6.45) is 1.71. The molecule has 0 heterocycles. The highest BCUT2D eigenvalue weighted by atomic mass is 16.5. The first kappa shape index (κ1) is 14.7. The van der Waals surface area contributed by atoms with Crippen molar-refractivity contribution in [2.45, 2.75) is 41.5 Å². The van der Waals surface area contributed by atoms with E-state index in [9.17, 15) is 9.59 Å². The average Bonchev–Trinajstić information content (AvgIpc) is 2.17. The van der Waals surface area contributed by atoms with Crippen LogP contribution in [-0.2, 0) is 14.3 Å². The molecule has 0 saturated heterocycles. The number of hydrogen-bond acceptors (Lipinski definition) is 3. The van der Waals surface area contributed by atoms with E-state index in [2.05, 4.69) is 0 Å². The molecule has 3 nitrogen and oxygen atoms in total. The number of rotatable bonds is 1. The van der Waals surface area contributed by atoms with Crippen LogP contribution in [0.3, 0.4) is 0 Å². The second-order valence-corrected chi connectivity index (χ2v) is 6.66. The summed E-state index contributed by atoms with van der Waals surface area (Å²) in [5.74, 6) is -0.336. The average molecular weight is 250 g/mol. The largest absolute Gasteiger partial charge is 0.496 e. The van der Waals surface area contributed by atoms with Crippen molar-refractivity contribution in [1.29, 1.82) is 0 Å². The molecule has 0 spiro atoms. The van der Waals surface area contributed by atoms with Crippen LogP contribution in [0.15, 0.2) is 23.0 Å². The fourth-order valence-electron chi connectivity index (χ4n) is 2.04. The van der Waals surface area contributed by atoms with Crippen LogP contribution in [-0.4, -0.2) is 18.7 Å². The highest BCUT2D eigenvalue weighted by Gasteiger charge is 2.40. The van der Waals surface area contributed by atoms with Crippen molar-refractivity contribution in [3.8, 4) is 0 Å². The molecule has 0 aromatic rings. The Kier molecular flexibility index (Phi) is 3.57. The second kappa shape index (κ2) is 4.38. The predicted molar refractivity (Wildman–Crippen MR) is 71.0 cm³/mol. The molecular formula is C15H22O3. The van der Waals surface area contributed by atoms with Gasteiger partial charge in [-0.3, -0.25) is 9.59 Å². The fraction of sp³-hybridized carbons (Fsp3) is 0.600. The van der Waals surface area contributed by atoms with E-state index in [4.69, 9.17) is 4.74 Å². The Labute approximate surface area is 109 Å². The molecule has 0 bridgehead atoms. The van der Waals surface area contributed by atoms with E-state index < -0.39 is 17.0 Å². The molecule has 0 N–H and O–H groups in total. The van der Waals surface area contributed by atoms with Crippen LogP contribution >= 0.6 is 0 Å². The molecule has 0 fully saturated rings. The van der Waals surface area contributed by atoms with Gasteiger partial charge in [0.2, 0.25) is 11.6 Å². The topological polar surface area (TPSA) is 43.4 Å². The van der Waals surface area contributed by atoms with Crippen molar-refractivity contribution in [2.24, 2.45) is 10.8 Å². The van der Waals surface area contributed by atoms with Crippen molar-refractivity contribution in [3.63, 3.8) is 0 Å². The third-order valence-electron chi connectivity index (χ3n) is 2.98. The Morgan fingerprint density at radius 3 is 1.72 bits per heavy atom. The van der Waals surface area contributed by atoms with Gasteiger partial charge in [0.1, 0.15) is 5.76 Å². The highest BCUT2D eigenvalue weighted by Crippen LogP contribution is 2.38. The molecule has 18 heavy (non-hydrogen) atoms. The zero-order valence-electron chi connectivity index (χ0n) is 12.3. The molecule has 0 atom stereocenters. The number of carbonyl (C=O) groups is 2. The summed E-state index contributed by atoms with van der Waals surface area (Å²) in [7, 11) is 1.53. The molecule has 1 aliphatic carbocycles. The van der Waals surface area contributed by atoms with Crippen LogP contribution in [0.1, 0.15) is 41.5 Å². The van der Waals surface area contributed by atoms with Gasteiger partial charge >= 0.3 is 0 Å². The Morgan fingerprint density at radius 1 is 0.889 bits per heavy atom. The minimum Gasteiger partial charge on any atom is -0.496 e. The van der Waals surface area contributed by atoms with Crippen LogP contribution in [0.25, 0.3) is 0 Å². The van der Waals surface area contributed by atoms with E-state index in [1.165, 1.54) is 7.11 Å². The lowest BCUT2D eigenvalue weighted by Gasteiger charge is -2.30. The van der Waals surface area contributed by atoms with E-state index in [1.54, 1.807) is 6.08 Å². The summed E-state index contributed by atoms with van der Waals surface area (Å²) in [6, 6.07) is 0. The number of allylic oxidation sites excluding steroid dienone is 3. The molecule has 1 rings (SSSR count). The lowest BCUT2D eigenvalue weighted by molar-refractivity contribution is -0.133. The van der Waals surface area contributed by atoms with E-state index in [0.717, 1.165) is 0 Å². The number of ether oxygens (including phenoxy) is 1. The third-order valence-corrected chi connectivity index (χ3v) is 2.98. The summed E-state index contributed by atoms with van der Waals surface area (Å²) in [6.45, 7) is 11.5. The van der Waals surface area contributed by atoms with Gasteiger partial charge in [0.25, 0.3) is 0 Å². The summed E-state index contributed by atoms with van der Waals surface area (Å²) in [5.41, 5.74) is 0.207. The molecule has 1 aliphatic rings. The van der Waals surface area contributed by atoms with Gasteiger partial charge in [0.05, 0.1) is 12.7 Å². The van der Waals surface area contributed by atoms with Crippen molar-refractivity contribution in [3.05, 3.63) is 23.0 Å². The lowest BCUT2D eigenvalue weighted by atomic mass is 9.73. The first-order valence-electron chi connectivity index (χ1n) is 6.10. The monoisotopic (exact) mass is 250 g/mol. The first-order chi connectivity index (χ1) is 8.00. The molecule has 0 amide bonds. The van der Waals surface area contributed by atoms with E-state index in [0.29, 0.717) is 16.9 Å². The maximum atomic E-state index is 12.3. The van der Waals surface area contributed by atoms with Gasteiger partial charge in [0, 0.05) is 5.57 Å². The van der Waals surface area contributed by atoms with Gasteiger partial charge in [-0.15, -0.1) is 0 Å². The number of ketones is 2. The molecule has 0 saturated carbocycles. The Balaban J connectivity index is 3.51. The number of Topliss-reactive ketones (excluding diaryl/α,β-unsaturated/α-hetero) is 2. The van der Waals surface area contributed by atoms with Gasteiger partial charge in [0.15, 0.2) is 0 Å². The molecule has 0 aliphatic heterocycles. The quantitative estimate of drug-likeness (QED) is 0.530. The van der Waals surface area contributed by atoms with Crippen molar-refractivity contribution >= 4 is 11.6 Å². The van der Waals surface area contributed by atoms with Crippen LogP contribution in [0.5, 0.6) is 0 Å². The SMILES string of the molecule is COC1=C(C(C)(C)C)C(=O)C(=O)C(C(C)(C)C)=C1. The number of carbonyl (C=O) groups excluding carboxylic acids is 2. The molecule has 0 radical (unpaired) electrons. The maximum absolute atomic E-state index is 12.3. The summed E-state index contributed by atoms with van der Waals surface area (Å²) in [5, 5.41) is 0. The lowest BCUT2D eigenvalue weighted by Crippen LogP contribution is -2.34. The van der Waals surface area contributed by atoms with Crippen molar-refractivity contribution in [2.75, 3.05) is 7.11 Å². The van der Waals surface area contributed by atoms with Gasteiger partial charge in [-0.25, -0.2) is 0 Å².